The lowest BCUT2D eigenvalue weighted by Crippen LogP contribution is -2.17. The molecule has 138 valence electrons. The Morgan fingerprint density at radius 2 is 1.62 bits per heavy atom. The van der Waals surface area contributed by atoms with Crippen molar-refractivity contribution in [2.75, 3.05) is 27.9 Å². The van der Waals surface area contributed by atoms with Crippen molar-refractivity contribution in [1.82, 2.24) is 5.43 Å². The molecule has 0 atom stereocenters. The van der Waals surface area contributed by atoms with Gasteiger partial charge in [-0.05, 0) is 48.9 Å². The Kier molecular flexibility index (Phi) is 6.84. The third kappa shape index (κ3) is 4.66. The third-order valence-electron chi connectivity index (χ3n) is 3.51. The quantitative estimate of drug-likeness (QED) is 0.580. The van der Waals surface area contributed by atoms with E-state index in [0.29, 0.717) is 35.2 Å². The van der Waals surface area contributed by atoms with E-state index in [9.17, 15) is 4.79 Å². The lowest BCUT2D eigenvalue weighted by atomic mass is 10.2. The van der Waals surface area contributed by atoms with Gasteiger partial charge in [0.2, 0.25) is 0 Å². The van der Waals surface area contributed by atoms with Crippen LogP contribution in [0.1, 0.15) is 22.8 Å². The summed E-state index contributed by atoms with van der Waals surface area (Å²) in [5.41, 5.74) is 3.65. The first-order chi connectivity index (χ1) is 12.6. The van der Waals surface area contributed by atoms with E-state index >= 15 is 0 Å². The van der Waals surface area contributed by atoms with Gasteiger partial charge in [0.05, 0.1) is 34.2 Å². The molecule has 0 spiro atoms. The topological polar surface area (TPSA) is 78.4 Å². The summed E-state index contributed by atoms with van der Waals surface area (Å²) in [5.74, 6) is 1.92. The van der Waals surface area contributed by atoms with Crippen LogP contribution in [0.15, 0.2) is 41.5 Å². The van der Waals surface area contributed by atoms with Crippen LogP contribution < -0.4 is 24.4 Å². The summed E-state index contributed by atoms with van der Waals surface area (Å²) in [6.45, 7) is 2.41. The molecule has 1 N–H and O–H groups in total. The lowest BCUT2D eigenvalue weighted by Gasteiger charge is -2.09. The number of ether oxygens (including phenoxy) is 4. The maximum Gasteiger partial charge on any atom is 0.271 e. The van der Waals surface area contributed by atoms with E-state index in [2.05, 4.69) is 10.5 Å². The predicted molar refractivity (Wildman–Crippen MR) is 98.8 cm³/mol. The smallest absolute Gasteiger partial charge is 0.271 e. The molecule has 2 aromatic carbocycles. The molecule has 0 aliphatic heterocycles. The molecule has 0 unspecified atom stereocenters. The van der Waals surface area contributed by atoms with Gasteiger partial charge in [0, 0.05) is 5.56 Å². The SMILES string of the molecule is CCOc1cc(/C=N/NC(=O)c2ccc(OC)c(OC)c2)ccc1OC. The number of hydrazone groups is 1. The van der Waals surface area contributed by atoms with E-state index in [0.717, 1.165) is 5.56 Å². The number of hydrogen-bond donors (Lipinski definition) is 1. The van der Waals surface area contributed by atoms with Gasteiger partial charge in [-0.3, -0.25) is 4.79 Å². The number of hydrogen-bond acceptors (Lipinski definition) is 6. The van der Waals surface area contributed by atoms with Gasteiger partial charge in [0.1, 0.15) is 0 Å². The van der Waals surface area contributed by atoms with Gasteiger partial charge in [-0.15, -0.1) is 0 Å². The van der Waals surface area contributed by atoms with Gasteiger partial charge in [-0.2, -0.15) is 5.10 Å². The number of nitrogens with zero attached hydrogens (tertiary/aromatic N) is 1. The predicted octanol–water partition coefficient (Wildman–Crippen LogP) is 2.88. The Balaban J connectivity index is 2.08. The molecule has 0 fully saturated rings. The highest BCUT2D eigenvalue weighted by Crippen LogP contribution is 2.28. The van der Waals surface area contributed by atoms with Gasteiger partial charge in [-0.1, -0.05) is 0 Å². The summed E-state index contributed by atoms with van der Waals surface area (Å²) in [5, 5.41) is 3.98. The zero-order chi connectivity index (χ0) is 18.9. The largest absolute Gasteiger partial charge is 0.493 e. The molecule has 0 heterocycles. The first-order valence-corrected chi connectivity index (χ1v) is 7.99. The maximum absolute atomic E-state index is 12.2. The normalized spacial score (nSPS) is 10.5. The minimum atomic E-state index is -0.360. The molecule has 1 amide bonds. The maximum atomic E-state index is 12.2. The van der Waals surface area contributed by atoms with E-state index in [1.54, 1.807) is 37.4 Å². The molecule has 0 radical (unpaired) electrons. The molecule has 7 nitrogen and oxygen atoms in total. The van der Waals surface area contributed by atoms with Crippen molar-refractivity contribution in [3.63, 3.8) is 0 Å². The van der Waals surface area contributed by atoms with Crippen molar-refractivity contribution in [3.05, 3.63) is 47.5 Å². The number of amides is 1. The van der Waals surface area contributed by atoms with Gasteiger partial charge >= 0.3 is 0 Å². The summed E-state index contributed by atoms with van der Waals surface area (Å²) in [4.78, 5) is 12.2. The molecule has 0 bridgehead atoms. The third-order valence-corrected chi connectivity index (χ3v) is 3.51. The average Bonchev–Trinajstić information content (AvgIpc) is 2.67. The summed E-state index contributed by atoms with van der Waals surface area (Å²) < 4.78 is 21.1. The second-order valence-corrected chi connectivity index (χ2v) is 5.11. The number of methoxy groups -OCH3 is 3. The number of nitrogens with one attached hydrogen (secondary N) is 1. The van der Waals surface area contributed by atoms with Crippen molar-refractivity contribution in [1.29, 1.82) is 0 Å². The second-order valence-electron chi connectivity index (χ2n) is 5.11. The first kappa shape index (κ1) is 19.1. The Morgan fingerprint density at radius 3 is 2.27 bits per heavy atom. The fraction of sp³-hybridized carbons (Fsp3) is 0.263. The lowest BCUT2D eigenvalue weighted by molar-refractivity contribution is 0.0954. The van der Waals surface area contributed by atoms with Gasteiger partial charge in [-0.25, -0.2) is 5.43 Å². The van der Waals surface area contributed by atoms with E-state index in [1.807, 2.05) is 13.0 Å². The Bertz CT molecular complexity index is 789. The van der Waals surface area contributed by atoms with Crippen LogP contribution in [-0.2, 0) is 0 Å². The zero-order valence-corrected chi connectivity index (χ0v) is 15.2. The van der Waals surface area contributed by atoms with Crippen molar-refractivity contribution >= 4 is 12.1 Å². The van der Waals surface area contributed by atoms with Crippen molar-refractivity contribution < 1.29 is 23.7 Å². The van der Waals surface area contributed by atoms with E-state index in [4.69, 9.17) is 18.9 Å². The number of rotatable bonds is 8. The van der Waals surface area contributed by atoms with Gasteiger partial charge in [0.15, 0.2) is 23.0 Å². The summed E-state index contributed by atoms with van der Waals surface area (Å²) >= 11 is 0. The molecule has 0 saturated heterocycles. The van der Waals surface area contributed by atoms with Crippen LogP contribution in [0.2, 0.25) is 0 Å². The van der Waals surface area contributed by atoms with Crippen LogP contribution >= 0.6 is 0 Å². The molecule has 0 aromatic heterocycles. The van der Waals surface area contributed by atoms with Crippen LogP contribution in [0, 0.1) is 0 Å². The molecular weight excluding hydrogens is 336 g/mol. The Labute approximate surface area is 152 Å². The van der Waals surface area contributed by atoms with Crippen molar-refractivity contribution in [2.24, 2.45) is 5.10 Å². The average molecular weight is 358 g/mol. The van der Waals surface area contributed by atoms with Crippen LogP contribution in [-0.4, -0.2) is 40.1 Å². The molecule has 0 aliphatic carbocycles. The Morgan fingerprint density at radius 1 is 0.962 bits per heavy atom. The highest BCUT2D eigenvalue weighted by Gasteiger charge is 2.10. The van der Waals surface area contributed by atoms with Crippen LogP contribution in [0.4, 0.5) is 0 Å². The monoisotopic (exact) mass is 358 g/mol. The zero-order valence-electron chi connectivity index (χ0n) is 15.2. The molecule has 2 aromatic rings. The van der Waals surface area contributed by atoms with Crippen LogP contribution in [0.5, 0.6) is 23.0 Å². The molecular formula is C19H22N2O5. The van der Waals surface area contributed by atoms with Crippen LogP contribution in [0.25, 0.3) is 0 Å². The van der Waals surface area contributed by atoms with Crippen LogP contribution in [0.3, 0.4) is 0 Å². The van der Waals surface area contributed by atoms with Gasteiger partial charge < -0.3 is 18.9 Å². The summed E-state index contributed by atoms with van der Waals surface area (Å²) in [6, 6.07) is 10.3. The minimum Gasteiger partial charge on any atom is -0.493 e. The molecule has 2 rings (SSSR count). The molecule has 26 heavy (non-hydrogen) atoms. The minimum absolute atomic E-state index is 0.360. The standard InChI is InChI=1S/C19H22N2O5/c1-5-26-18-10-13(6-8-16(18)24-3)12-20-21-19(22)14-7-9-15(23-2)17(11-14)25-4/h6-12H,5H2,1-4H3,(H,21,22)/b20-12+. The van der Waals surface area contributed by atoms with E-state index in [1.165, 1.54) is 20.4 Å². The van der Waals surface area contributed by atoms with E-state index in [-0.39, 0.29) is 5.91 Å². The Hall–Kier alpha value is -3.22. The first-order valence-electron chi connectivity index (χ1n) is 7.99. The van der Waals surface area contributed by atoms with Crippen molar-refractivity contribution in [2.45, 2.75) is 6.92 Å². The fourth-order valence-electron chi connectivity index (χ4n) is 2.25. The molecule has 7 heteroatoms. The second kappa shape index (κ2) is 9.31. The van der Waals surface area contributed by atoms with E-state index < -0.39 is 0 Å². The summed E-state index contributed by atoms with van der Waals surface area (Å²) in [6.07, 6.45) is 1.53. The molecule has 0 saturated carbocycles. The fourth-order valence-corrected chi connectivity index (χ4v) is 2.25. The molecule has 0 aliphatic rings. The highest BCUT2D eigenvalue weighted by molar-refractivity contribution is 5.95. The highest BCUT2D eigenvalue weighted by atomic mass is 16.5. The van der Waals surface area contributed by atoms with Crippen molar-refractivity contribution in [3.8, 4) is 23.0 Å². The van der Waals surface area contributed by atoms with Gasteiger partial charge in [0.25, 0.3) is 5.91 Å². The summed E-state index contributed by atoms with van der Waals surface area (Å²) in [7, 11) is 4.62. The number of benzene rings is 2. The number of carbonyl (C=O) groups is 1. The number of carbonyl (C=O) groups excluding carboxylic acids is 1.